The van der Waals surface area contributed by atoms with Crippen LogP contribution in [0.5, 0.6) is 0 Å². The number of carbonyl (C=O) groups is 1. The lowest BCUT2D eigenvalue weighted by Gasteiger charge is -2.17. The van der Waals surface area contributed by atoms with E-state index in [1.54, 1.807) is 0 Å². The van der Waals surface area contributed by atoms with Crippen LogP contribution in [0.15, 0.2) is 16.6 Å². The van der Waals surface area contributed by atoms with Crippen LogP contribution in [0, 0.1) is 16.0 Å². The number of nitro benzene ring substituents is 1. The lowest BCUT2D eigenvalue weighted by molar-refractivity contribution is -0.384. The van der Waals surface area contributed by atoms with Gasteiger partial charge in [-0.05, 0) is 27.9 Å². The summed E-state index contributed by atoms with van der Waals surface area (Å²) in [6.45, 7) is 0.461. The zero-order valence-electron chi connectivity index (χ0n) is 9.61. The van der Waals surface area contributed by atoms with E-state index in [2.05, 4.69) is 31.9 Å². The van der Waals surface area contributed by atoms with E-state index < -0.39 is 4.92 Å². The molecule has 0 radical (unpaired) electrons. The predicted octanol–water partition coefficient (Wildman–Crippen LogP) is 3.76. The van der Waals surface area contributed by atoms with Crippen LogP contribution >= 0.6 is 43.5 Å². The molecule has 0 aliphatic carbocycles. The van der Waals surface area contributed by atoms with E-state index >= 15 is 0 Å². The number of amides is 1. The molecule has 19 heavy (non-hydrogen) atoms. The Balaban J connectivity index is 2.47. The van der Waals surface area contributed by atoms with Crippen LogP contribution in [0.3, 0.4) is 0 Å². The first-order chi connectivity index (χ1) is 8.93. The zero-order valence-corrected chi connectivity index (χ0v) is 13.5. The summed E-state index contributed by atoms with van der Waals surface area (Å²) in [4.78, 5) is 24.0. The second-order valence-electron chi connectivity index (χ2n) is 4.24. The maximum atomic E-state index is 11.9. The number of anilines is 1. The van der Waals surface area contributed by atoms with E-state index in [1.807, 2.05) is 0 Å². The highest BCUT2D eigenvalue weighted by Gasteiger charge is 2.34. The van der Waals surface area contributed by atoms with Gasteiger partial charge in [-0.15, -0.1) is 0 Å². The Hall–Kier alpha value is -0.660. The van der Waals surface area contributed by atoms with Crippen molar-refractivity contribution in [2.24, 2.45) is 5.92 Å². The molecule has 0 N–H and O–H groups in total. The maximum Gasteiger partial charge on any atom is 0.294 e. The Morgan fingerprint density at radius 2 is 2.21 bits per heavy atom. The van der Waals surface area contributed by atoms with Gasteiger partial charge in [-0.2, -0.15) is 0 Å². The fourth-order valence-electron chi connectivity index (χ4n) is 2.01. The molecular weight excluding hydrogens is 403 g/mol. The Labute approximate surface area is 131 Å². The number of rotatable bonds is 3. The minimum atomic E-state index is -0.509. The van der Waals surface area contributed by atoms with Gasteiger partial charge in [0.15, 0.2) is 0 Å². The maximum absolute atomic E-state index is 11.9. The molecule has 1 saturated heterocycles. The van der Waals surface area contributed by atoms with Crippen molar-refractivity contribution >= 4 is 60.7 Å². The Bertz CT molecular complexity index is 553. The van der Waals surface area contributed by atoms with E-state index in [4.69, 9.17) is 11.6 Å². The normalized spacial score (nSPS) is 19.0. The molecule has 0 saturated carbocycles. The molecule has 0 aromatic heterocycles. The molecule has 1 unspecified atom stereocenters. The molecule has 102 valence electrons. The summed E-state index contributed by atoms with van der Waals surface area (Å²) in [6, 6.07) is 2.78. The van der Waals surface area contributed by atoms with Crippen LogP contribution < -0.4 is 4.90 Å². The Morgan fingerprint density at radius 1 is 1.53 bits per heavy atom. The summed E-state index contributed by atoms with van der Waals surface area (Å²) in [5.74, 6) is 0.0421. The predicted molar refractivity (Wildman–Crippen MR) is 80.1 cm³/mol. The Kier molecular flexibility index (Phi) is 4.47. The van der Waals surface area contributed by atoms with Gasteiger partial charge in [-0.25, -0.2) is 0 Å². The number of halogens is 3. The summed E-state index contributed by atoms with van der Waals surface area (Å²) in [7, 11) is 0. The third kappa shape index (κ3) is 2.93. The molecular formula is C11H9Br2ClN2O3. The van der Waals surface area contributed by atoms with Gasteiger partial charge in [0.2, 0.25) is 5.91 Å². The summed E-state index contributed by atoms with van der Waals surface area (Å²) < 4.78 is 0.438. The monoisotopic (exact) mass is 410 g/mol. The van der Waals surface area contributed by atoms with E-state index in [0.29, 0.717) is 27.8 Å². The number of benzene rings is 1. The van der Waals surface area contributed by atoms with Gasteiger partial charge in [0.1, 0.15) is 5.69 Å². The first-order valence-corrected chi connectivity index (χ1v) is 7.73. The Morgan fingerprint density at radius 3 is 2.74 bits per heavy atom. The fraction of sp³-hybridized carbons (Fsp3) is 0.364. The van der Waals surface area contributed by atoms with E-state index in [9.17, 15) is 14.9 Å². The highest BCUT2D eigenvalue weighted by atomic mass is 79.9. The molecule has 5 nitrogen and oxygen atoms in total. The summed E-state index contributed by atoms with van der Waals surface area (Å²) in [5.41, 5.74) is 0.131. The van der Waals surface area contributed by atoms with Crippen LogP contribution in [0.2, 0.25) is 5.02 Å². The van der Waals surface area contributed by atoms with Gasteiger partial charge < -0.3 is 4.90 Å². The van der Waals surface area contributed by atoms with Gasteiger partial charge >= 0.3 is 0 Å². The lowest BCUT2D eigenvalue weighted by atomic mass is 10.2. The van der Waals surface area contributed by atoms with Gasteiger partial charge in [-0.1, -0.05) is 27.5 Å². The summed E-state index contributed by atoms with van der Waals surface area (Å²) in [5, 5.41) is 12.1. The van der Waals surface area contributed by atoms with Gasteiger partial charge in [0.25, 0.3) is 5.69 Å². The average molecular weight is 412 g/mol. The van der Waals surface area contributed by atoms with Gasteiger partial charge in [-0.3, -0.25) is 14.9 Å². The van der Waals surface area contributed by atoms with Crippen molar-refractivity contribution < 1.29 is 9.72 Å². The molecule has 0 spiro atoms. The van der Waals surface area contributed by atoms with Crippen LogP contribution in [0.1, 0.15) is 6.42 Å². The van der Waals surface area contributed by atoms with Crippen molar-refractivity contribution in [1.82, 2.24) is 0 Å². The molecule has 1 aliphatic rings. The number of hydrogen-bond donors (Lipinski definition) is 0. The van der Waals surface area contributed by atoms with Gasteiger partial charge in [0.05, 0.1) is 9.95 Å². The van der Waals surface area contributed by atoms with Crippen molar-refractivity contribution in [3.8, 4) is 0 Å². The third-order valence-electron chi connectivity index (χ3n) is 2.93. The first-order valence-electron chi connectivity index (χ1n) is 5.43. The third-order valence-corrected chi connectivity index (χ3v) is 5.04. The highest BCUT2D eigenvalue weighted by Crippen LogP contribution is 2.39. The molecule has 1 atom stereocenters. The number of nitro groups is 1. The van der Waals surface area contributed by atoms with E-state index in [-0.39, 0.29) is 23.2 Å². The number of hydrogen-bond acceptors (Lipinski definition) is 3. The quantitative estimate of drug-likeness (QED) is 0.431. The van der Waals surface area contributed by atoms with Gasteiger partial charge in [0, 0.05) is 28.8 Å². The second kappa shape index (κ2) is 5.76. The summed E-state index contributed by atoms with van der Waals surface area (Å²) >= 11 is 12.5. The molecule has 1 amide bonds. The number of alkyl halides is 1. The standard InChI is InChI=1S/C11H9Br2ClN2O3/c12-4-6-1-11(17)15(5-6)9-3-8(14)7(13)2-10(9)16(18)19/h2-3,6H,1,4-5H2. The molecule has 0 bridgehead atoms. The molecule has 8 heteroatoms. The van der Waals surface area contributed by atoms with Crippen molar-refractivity contribution in [3.63, 3.8) is 0 Å². The molecule has 1 aromatic rings. The fourth-order valence-corrected chi connectivity index (χ4v) is 2.93. The first kappa shape index (κ1) is 14.7. The van der Waals surface area contributed by atoms with E-state index in [1.165, 1.54) is 17.0 Å². The molecule has 1 aliphatic heterocycles. The zero-order chi connectivity index (χ0) is 14.2. The smallest absolute Gasteiger partial charge is 0.294 e. The second-order valence-corrected chi connectivity index (χ2v) is 6.15. The molecule has 1 heterocycles. The van der Waals surface area contributed by atoms with Crippen molar-refractivity contribution in [2.75, 3.05) is 16.8 Å². The summed E-state index contributed by atoms with van der Waals surface area (Å²) in [6.07, 6.45) is 0.385. The molecule has 1 fully saturated rings. The average Bonchev–Trinajstić information content (AvgIpc) is 2.73. The minimum absolute atomic E-state index is 0.120. The number of carbonyl (C=O) groups excluding carboxylic acids is 1. The van der Waals surface area contributed by atoms with Crippen LogP contribution in [0.4, 0.5) is 11.4 Å². The van der Waals surface area contributed by atoms with Crippen LogP contribution in [0.25, 0.3) is 0 Å². The minimum Gasteiger partial charge on any atom is -0.306 e. The molecule has 2 rings (SSSR count). The highest BCUT2D eigenvalue weighted by molar-refractivity contribution is 9.10. The van der Waals surface area contributed by atoms with Crippen LogP contribution in [-0.2, 0) is 4.79 Å². The van der Waals surface area contributed by atoms with Crippen molar-refractivity contribution in [2.45, 2.75) is 6.42 Å². The molecule has 1 aromatic carbocycles. The SMILES string of the molecule is O=C1CC(CBr)CN1c1cc(Cl)c(Br)cc1[N+](=O)[O-]. The van der Waals surface area contributed by atoms with Crippen molar-refractivity contribution in [3.05, 3.63) is 31.7 Å². The largest absolute Gasteiger partial charge is 0.306 e. The lowest BCUT2D eigenvalue weighted by Crippen LogP contribution is -2.25. The van der Waals surface area contributed by atoms with Crippen LogP contribution in [-0.4, -0.2) is 22.7 Å². The van der Waals surface area contributed by atoms with Crippen molar-refractivity contribution in [1.29, 1.82) is 0 Å². The number of nitrogens with zero attached hydrogens (tertiary/aromatic N) is 2. The van der Waals surface area contributed by atoms with E-state index in [0.717, 1.165) is 0 Å². The topological polar surface area (TPSA) is 63.5 Å².